The van der Waals surface area contributed by atoms with Crippen LogP contribution in [0.4, 0.5) is 0 Å². The van der Waals surface area contributed by atoms with Gasteiger partial charge in [-0.3, -0.25) is 0 Å². The van der Waals surface area contributed by atoms with Gasteiger partial charge in [0.15, 0.2) is 0 Å². The van der Waals surface area contributed by atoms with Gasteiger partial charge in [0.1, 0.15) is 0 Å². The first-order chi connectivity index (χ1) is 5.34. The second-order valence-electron chi connectivity index (χ2n) is 3.70. The van der Waals surface area contributed by atoms with Gasteiger partial charge in [-0.2, -0.15) is 0 Å². The average molecular weight is 266 g/mol. The molecule has 1 saturated carbocycles. The lowest BCUT2D eigenvalue weighted by molar-refractivity contribution is 0.347. The van der Waals surface area contributed by atoms with Gasteiger partial charge in [-0.05, 0) is 25.2 Å². The van der Waals surface area contributed by atoms with Crippen LogP contribution in [0.3, 0.4) is 0 Å². The number of hydrogen-bond acceptors (Lipinski definition) is 0. The molecule has 0 aromatic heterocycles. The Morgan fingerprint density at radius 2 is 1.91 bits per heavy atom. The molecule has 0 saturated heterocycles. The first kappa shape index (κ1) is 9.82. The third-order valence-corrected chi connectivity index (χ3v) is 4.37. The van der Waals surface area contributed by atoms with Gasteiger partial charge in [-0.1, -0.05) is 55.2 Å². The fraction of sp³-hybridized carbons (Fsp3) is 1.00. The van der Waals surface area contributed by atoms with Gasteiger partial charge in [0.2, 0.25) is 0 Å². The van der Waals surface area contributed by atoms with E-state index in [1.165, 1.54) is 44.9 Å². The minimum atomic E-state index is 0.970. The van der Waals surface area contributed by atoms with Gasteiger partial charge >= 0.3 is 0 Å². The Balaban J connectivity index is 2.21. The van der Waals surface area contributed by atoms with Gasteiger partial charge in [0.25, 0.3) is 0 Å². The normalized spacial score (nSPS) is 23.5. The number of rotatable bonds is 3. The molecule has 1 unspecified atom stereocenters. The monoisotopic (exact) mass is 266 g/mol. The summed E-state index contributed by atoms with van der Waals surface area (Å²) in [4.78, 5) is 0. The van der Waals surface area contributed by atoms with Crippen molar-refractivity contribution < 1.29 is 0 Å². The first-order valence-corrected chi connectivity index (χ1v) is 6.23. The summed E-state index contributed by atoms with van der Waals surface area (Å²) in [5.41, 5.74) is 0. The summed E-state index contributed by atoms with van der Waals surface area (Å²) in [6.07, 6.45) is 10.3. The highest BCUT2D eigenvalue weighted by molar-refractivity contribution is 14.1. The lowest BCUT2D eigenvalue weighted by Crippen LogP contribution is -2.17. The Morgan fingerprint density at radius 1 is 1.27 bits per heavy atom. The van der Waals surface area contributed by atoms with Crippen molar-refractivity contribution in [1.82, 2.24) is 0 Å². The second kappa shape index (κ2) is 5.39. The molecule has 0 N–H and O–H groups in total. The quantitative estimate of drug-likeness (QED) is 0.531. The maximum atomic E-state index is 2.66. The van der Waals surface area contributed by atoms with Crippen LogP contribution in [0.1, 0.15) is 51.9 Å². The van der Waals surface area contributed by atoms with Gasteiger partial charge in [0, 0.05) is 3.92 Å². The molecule has 1 atom stereocenters. The third-order valence-electron chi connectivity index (χ3n) is 2.73. The van der Waals surface area contributed by atoms with E-state index in [1.54, 1.807) is 0 Å². The zero-order valence-corrected chi connectivity index (χ0v) is 9.64. The van der Waals surface area contributed by atoms with Crippen LogP contribution in [0, 0.1) is 5.92 Å². The minimum absolute atomic E-state index is 0.970. The van der Waals surface area contributed by atoms with Crippen LogP contribution in [0.2, 0.25) is 0 Å². The van der Waals surface area contributed by atoms with Crippen LogP contribution >= 0.6 is 22.6 Å². The molecule has 1 heteroatoms. The van der Waals surface area contributed by atoms with E-state index in [1.807, 2.05) is 0 Å². The topological polar surface area (TPSA) is 0 Å². The largest absolute Gasteiger partial charge is 0.0823 e. The molecule has 1 aliphatic rings. The summed E-state index contributed by atoms with van der Waals surface area (Å²) in [5.74, 6) is 1.06. The van der Waals surface area contributed by atoms with Crippen molar-refractivity contribution >= 4 is 22.6 Å². The summed E-state index contributed by atoms with van der Waals surface area (Å²) in [6.45, 7) is 2.30. The molecule has 11 heavy (non-hydrogen) atoms. The predicted molar refractivity (Wildman–Crippen MR) is 59.3 cm³/mol. The summed E-state index contributed by atoms with van der Waals surface area (Å²) >= 11 is 2.66. The Morgan fingerprint density at radius 3 is 2.45 bits per heavy atom. The number of hydrogen-bond donors (Lipinski definition) is 0. The van der Waals surface area contributed by atoms with Crippen molar-refractivity contribution in [3.8, 4) is 0 Å². The average Bonchev–Trinajstić information content (AvgIpc) is 2.07. The summed E-state index contributed by atoms with van der Waals surface area (Å²) in [5, 5.41) is 0. The van der Waals surface area contributed by atoms with Gasteiger partial charge in [0.05, 0.1) is 0 Å². The SMILES string of the molecule is CCCC(I)C1CCCCC1. The zero-order valence-electron chi connectivity index (χ0n) is 7.48. The Hall–Kier alpha value is 0.730. The molecular weight excluding hydrogens is 247 g/mol. The van der Waals surface area contributed by atoms with E-state index in [4.69, 9.17) is 0 Å². The van der Waals surface area contributed by atoms with E-state index in [9.17, 15) is 0 Å². The summed E-state index contributed by atoms with van der Waals surface area (Å²) in [6, 6.07) is 0. The van der Waals surface area contributed by atoms with Crippen LogP contribution in [0.5, 0.6) is 0 Å². The van der Waals surface area contributed by atoms with E-state index >= 15 is 0 Å². The van der Waals surface area contributed by atoms with Crippen molar-refractivity contribution in [3.63, 3.8) is 0 Å². The van der Waals surface area contributed by atoms with Crippen molar-refractivity contribution in [2.75, 3.05) is 0 Å². The molecule has 0 aliphatic heterocycles. The molecule has 0 aromatic rings. The van der Waals surface area contributed by atoms with E-state index < -0.39 is 0 Å². The Labute approximate surface area is 84.3 Å². The van der Waals surface area contributed by atoms with Crippen molar-refractivity contribution in [3.05, 3.63) is 0 Å². The van der Waals surface area contributed by atoms with Gasteiger partial charge in [-0.25, -0.2) is 0 Å². The van der Waals surface area contributed by atoms with E-state index in [0.717, 1.165) is 9.84 Å². The van der Waals surface area contributed by atoms with Crippen LogP contribution in [0.15, 0.2) is 0 Å². The highest BCUT2D eigenvalue weighted by Gasteiger charge is 2.19. The van der Waals surface area contributed by atoms with E-state index in [0.29, 0.717) is 0 Å². The fourth-order valence-electron chi connectivity index (χ4n) is 2.01. The van der Waals surface area contributed by atoms with Crippen molar-refractivity contribution in [1.29, 1.82) is 0 Å². The molecule has 0 bridgehead atoms. The molecule has 0 radical (unpaired) electrons. The van der Waals surface area contributed by atoms with Crippen LogP contribution in [-0.2, 0) is 0 Å². The maximum Gasteiger partial charge on any atom is 0.0138 e. The highest BCUT2D eigenvalue weighted by atomic mass is 127. The van der Waals surface area contributed by atoms with Crippen LogP contribution in [0.25, 0.3) is 0 Å². The van der Waals surface area contributed by atoms with E-state index in [-0.39, 0.29) is 0 Å². The second-order valence-corrected chi connectivity index (χ2v) is 5.30. The molecular formula is C10H19I. The molecule has 0 amide bonds. The van der Waals surface area contributed by atoms with Crippen LogP contribution < -0.4 is 0 Å². The van der Waals surface area contributed by atoms with Gasteiger partial charge in [-0.15, -0.1) is 0 Å². The van der Waals surface area contributed by atoms with Crippen molar-refractivity contribution in [2.24, 2.45) is 5.92 Å². The molecule has 1 aliphatic carbocycles. The standard InChI is InChI=1S/C10H19I/c1-2-6-10(11)9-7-4-3-5-8-9/h9-10H,2-8H2,1H3. The maximum absolute atomic E-state index is 2.66. The lowest BCUT2D eigenvalue weighted by Gasteiger charge is -2.26. The minimum Gasteiger partial charge on any atom is -0.0823 e. The van der Waals surface area contributed by atoms with Gasteiger partial charge < -0.3 is 0 Å². The number of alkyl halides is 1. The summed E-state index contributed by atoms with van der Waals surface area (Å²) < 4.78 is 0.970. The summed E-state index contributed by atoms with van der Waals surface area (Å²) in [7, 11) is 0. The molecule has 0 nitrogen and oxygen atoms in total. The fourth-order valence-corrected chi connectivity index (χ4v) is 3.35. The molecule has 0 spiro atoms. The predicted octanol–water partition coefficient (Wildman–Crippen LogP) is 4.17. The van der Waals surface area contributed by atoms with E-state index in [2.05, 4.69) is 29.5 Å². The molecule has 1 rings (SSSR count). The van der Waals surface area contributed by atoms with Crippen LogP contribution in [-0.4, -0.2) is 3.92 Å². The Bertz CT molecular complexity index is 95.0. The third kappa shape index (κ3) is 3.30. The Kier molecular flexibility index (Phi) is 4.81. The highest BCUT2D eigenvalue weighted by Crippen LogP contribution is 2.32. The smallest absolute Gasteiger partial charge is 0.0138 e. The molecule has 1 fully saturated rings. The molecule has 66 valence electrons. The lowest BCUT2D eigenvalue weighted by atomic mass is 9.86. The zero-order chi connectivity index (χ0) is 8.10. The number of halogens is 1. The van der Waals surface area contributed by atoms with Crippen molar-refractivity contribution in [2.45, 2.75) is 55.8 Å². The molecule has 0 aromatic carbocycles. The first-order valence-electron chi connectivity index (χ1n) is 4.98. The molecule has 0 heterocycles.